The zero-order chi connectivity index (χ0) is 14.6. The van der Waals surface area contributed by atoms with Crippen LogP contribution in [0.4, 0.5) is 0 Å². The molecule has 0 bridgehead atoms. The van der Waals surface area contributed by atoms with E-state index in [0.29, 0.717) is 12.0 Å². The molecule has 1 amide bonds. The third kappa shape index (κ3) is 3.34. The maximum Gasteiger partial charge on any atom is 0.238 e. The van der Waals surface area contributed by atoms with Crippen LogP contribution >= 0.6 is 0 Å². The lowest BCUT2D eigenvalue weighted by Crippen LogP contribution is -2.56. The molecular formula is C16H30N2O2. The summed E-state index contributed by atoms with van der Waals surface area (Å²) in [6, 6.07) is 0. The molecule has 0 heterocycles. The van der Waals surface area contributed by atoms with Crippen molar-refractivity contribution in [1.29, 1.82) is 0 Å². The predicted molar refractivity (Wildman–Crippen MR) is 80.3 cm³/mol. The van der Waals surface area contributed by atoms with Gasteiger partial charge in [-0.3, -0.25) is 4.79 Å². The highest BCUT2D eigenvalue weighted by Gasteiger charge is 2.46. The number of likely N-dealkylation sites (N-methyl/N-ethyl adjacent to an activating group) is 1. The van der Waals surface area contributed by atoms with E-state index in [1.807, 2.05) is 7.05 Å². The largest absolute Gasteiger partial charge is 0.378 e. The highest BCUT2D eigenvalue weighted by atomic mass is 16.5. The summed E-state index contributed by atoms with van der Waals surface area (Å²) in [7, 11) is 1.85. The maximum absolute atomic E-state index is 11.8. The number of nitrogens with two attached hydrogens (primary N) is 1. The van der Waals surface area contributed by atoms with Crippen LogP contribution in [0, 0.1) is 11.8 Å². The van der Waals surface area contributed by atoms with Gasteiger partial charge in [-0.1, -0.05) is 13.3 Å². The first-order chi connectivity index (χ1) is 9.58. The van der Waals surface area contributed by atoms with Gasteiger partial charge in [0.15, 0.2) is 0 Å². The SMILES string of the molecule is CNC1(C(N)=O)CCCC1CCOC1CCC(C)CC1. The van der Waals surface area contributed by atoms with Crippen molar-refractivity contribution in [2.75, 3.05) is 13.7 Å². The minimum Gasteiger partial charge on any atom is -0.378 e. The highest BCUT2D eigenvalue weighted by molar-refractivity contribution is 5.85. The fraction of sp³-hybridized carbons (Fsp3) is 0.938. The lowest BCUT2D eigenvalue weighted by molar-refractivity contribution is -0.126. The van der Waals surface area contributed by atoms with Crippen molar-refractivity contribution in [3.05, 3.63) is 0 Å². The van der Waals surface area contributed by atoms with Crippen LogP contribution < -0.4 is 11.1 Å². The van der Waals surface area contributed by atoms with E-state index < -0.39 is 5.54 Å². The van der Waals surface area contributed by atoms with E-state index in [0.717, 1.165) is 38.2 Å². The molecule has 3 N–H and O–H groups in total. The molecule has 2 unspecified atom stereocenters. The Kier molecular flexibility index (Phi) is 5.44. The van der Waals surface area contributed by atoms with Crippen molar-refractivity contribution in [2.45, 2.75) is 69.9 Å². The van der Waals surface area contributed by atoms with Gasteiger partial charge in [0, 0.05) is 6.61 Å². The molecule has 2 rings (SSSR count). The summed E-state index contributed by atoms with van der Waals surface area (Å²) in [6.45, 7) is 3.09. The van der Waals surface area contributed by atoms with Gasteiger partial charge in [0.05, 0.1) is 6.10 Å². The van der Waals surface area contributed by atoms with E-state index in [1.54, 1.807) is 0 Å². The molecule has 2 aliphatic carbocycles. The normalized spacial score (nSPS) is 38.0. The summed E-state index contributed by atoms with van der Waals surface area (Å²) in [6.07, 6.45) is 9.36. The van der Waals surface area contributed by atoms with Crippen molar-refractivity contribution >= 4 is 5.91 Å². The number of amides is 1. The lowest BCUT2D eigenvalue weighted by Gasteiger charge is -2.33. The molecule has 116 valence electrons. The first-order valence-corrected chi connectivity index (χ1v) is 8.19. The number of rotatable bonds is 6. The molecule has 2 saturated carbocycles. The fourth-order valence-electron chi connectivity index (χ4n) is 4.02. The molecule has 0 aromatic rings. The third-order valence-corrected chi connectivity index (χ3v) is 5.49. The highest BCUT2D eigenvalue weighted by Crippen LogP contribution is 2.38. The molecule has 0 aromatic heterocycles. The van der Waals surface area contributed by atoms with Crippen LogP contribution in [-0.2, 0) is 9.53 Å². The molecule has 4 nitrogen and oxygen atoms in total. The van der Waals surface area contributed by atoms with Gasteiger partial charge in [-0.05, 0) is 63.8 Å². The molecule has 0 saturated heterocycles. The van der Waals surface area contributed by atoms with Crippen LogP contribution in [-0.4, -0.2) is 31.2 Å². The smallest absolute Gasteiger partial charge is 0.238 e. The van der Waals surface area contributed by atoms with Crippen LogP contribution in [0.1, 0.15) is 58.3 Å². The van der Waals surface area contributed by atoms with Crippen LogP contribution in [0.5, 0.6) is 0 Å². The molecule has 0 aromatic carbocycles. The van der Waals surface area contributed by atoms with Crippen molar-refractivity contribution in [2.24, 2.45) is 17.6 Å². The molecule has 2 fully saturated rings. The van der Waals surface area contributed by atoms with Gasteiger partial charge in [0.2, 0.25) is 5.91 Å². The number of hydrogen-bond donors (Lipinski definition) is 2. The van der Waals surface area contributed by atoms with Crippen LogP contribution in [0.3, 0.4) is 0 Å². The van der Waals surface area contributed by atoms with E-state index in [2.05, 4.69) is 12.2 Å². The summed E-state index contributed by atoms with van der Waals surface area (Å²) < 4.78 is 6.03. The number of carbonyl (C=O) groups excluding carboxylic acids is 1. The van der Waals surface area contributed by atoms with E-state index in [9.17, 15) is 4.79 Å². The monoisotopic (exact) mass is 282 g/mol. The summed E-state index contributed by atoms with van der Waals surface area (Å²) in [5, 5.41) is 3.19. The van der Waals surface area contributed by atoms with Gasteiger partial charge in [-0.2, -0.15) is 0 Å². The van der Waals surface area contributed by atoms with Crippen LogP contribution in [0.15, 0.2) is 0 Å². The zero-order valence-corrected chi connectivity index (χ0v) is 13.0. The van der Waals surface area contributed by atoms with Crippen molar-refractivity contribution in [3.63, 3.8) is 0 Å². The standard InChI is InChI=1S/C16H30N2O2/c1-12-5-7-14(8-6-12)20-11-9-13-4-3-10-16(13,18-2)15(17)19/h12-14,18H,3-11H2,1-2H3,(H2,17,19). The first kappa shape index (κ1) is 15.8. The second-order valence-corrected chi connectivity index (χ2v) is 6.72. The van der Waals surface area contributed by atoms with Crippen LogP contribution in [0.2, 0.25) is 0 Å². The van der Waals surface area contributed by atoms with E-state index >= 15 is 0 Å². The Hall–Kier alpha value is -0.610. The summed E-state index contributed by atoms with van der Waals surface area (Å²) in [4.78, 5) is 11.8. The van der Waals surface area contributed by atoms with Crippen molar-refractivity contribution < 1.29 is 9.53 Å². The fourth-order valence-corrected chi connectivity index (χ4v) is 4.02. The van der Waals surface area contributed by atoms with E-state index in [1.165, 1.54) is 25.7 Å². The Balaban J connectivity index is 1.77. The van der Waals surface area contributed by atoms with Gasteiger partial charge in [0.1, 0.15) is 5.54 Å². The van der Waals surface area contributed by atoms with E-state index in [4.69, 9.17) is 10.5 Å². The Labute approximate surface area is 122 Å². The number of carbonyl (C=O) groups is 1. The van der Waals surface area contributed by atoms with Gasteiger partial charge < -0.3 is 15.8 Å². The Morgan fingerprint density at radius 1 is 1.30 bits per heavy atom. The van der Waals surface area contributed by atoms with Crippen LogP contribution in [0.25, 0.3) is 0 Å². The lowest BCUT2D eigenvalue weighted by atomic mass is 9.84. The second-order valence-electron chi connectivity index (χ2n) is 6.72. The molecule has 0 spiro atoms. The summed E-state index contributed by atoms with van der Waals surface area (Å²) in [5.74, 6) is 0.984. The zero-order valence-electron chi connectivity index (χ0n) is 13.0. The van der Waals surface area contributed by atoms with E-state index in [-0.39, 0.29) is 5.91 Å². The van der Waals surface area contributed by atoms with Gasteiger partial charge in [-0.25, -0.2) is 0 Å². The van der Waals surface area contributed by atoms with Crippen molar-refractivity contribution in [3.8, 4) is 0 Å². The van der Waals surface area contributed by atoms with Gasteiger partial charge in [0.25, 0.3) is 0 Å². The minimum absolute atomic E-state index is 0.200. The molecule has 0 aliphatic heterocycles. The molecule has 2 atom stereocenters. The molecule has 2 aliphatic rings. The number of ether oxygens (including phenoxy) is 1. The average Bonchev–Trinajstić information content (AvgIpc) is 2.85. The minimum atomic E-state index is -0.496. The van der Waals surface area contributed by atoms with Crippen molar-refractivity contribution in [1.82, 2.24) is 5.32 Å². The molecule has 4 heteroatoms. The first-order valence-electron chi connectivity index (χ1n) is 8.19. The topological polar surface area (TPSA) is 64.3 Å². The third-order valence-electron chi connectivity index (χ3n) is 5.49. The summed E-state index contributed by atoms with van der Waals surface area (Å²) in [5.41, 5.74) is 5.13. The number of nitrogens with one attached hydrogen (secondary N) is 1. The van der Waals surface area contributed by atoms with Gasteiger partial charge in [-0.15, -0.1) is 0 Å². The quantitative estimate of drug-likeness (QED) is 0.785. The second kappa shape index (κ2) is 6.90. The predicted octanol–water partition coefficient (Wildman–Crippen LogP) is 2.22. The Morgan fingerprint density at radius 3 is 2.60 bits per heavy atom. The number of primary amides is 1. The average molecular weight is 282 g/mol. The number of hydrogen-bond acceptors (Lipinski definition) is 3. The summed E-state index contributed by atoms with van der Waals surface area (Å²) >= 11 is 0. The molecule has 0 radical (unpaired) electrons. The maximum atomic E-state index is 11.8. The Bertz CT molecular complexity index is 326. The van der Waals surface area contributed by atoms with Gasteiger partial charge >= 0.3 is 0 Å². The molecule has 20 heavy (non-hydrogen) atoms. The Morgan fingerprint density at radius 2 is 2.00 bits per heavy atom. The molecular weight excluding hydrogens is 252 g/mol.